The van der Waals surface area contributed by atoms with Crippen LogP contribution in [-0.2, 0) is 11.2 Å². The minimum atomic E-state index is -0.246. The molecule has 0 fully saturated rings. The van der Waals surface area contributed by atoms with Crippen LogP contribution in [0.2, 0.25) is 10.0 Å². The normalized spacial score (nSPS) is 10.6. The Bertz CT molecular complexity index is 1090. The van der Waals surface area contributed by atoms with Crippen molar-refractivity contribution in [1.82, 2.24) is 15.5 Å². The molecular weight excluding hydrogens is 471 g/mol. The maximum atomic E-state index is 12.2. The molecule has 2 N–H and O–H groups in total. The minimum absolute atomic E-state index is 0.156. The summed E-state index contributed by atoms with van der Waals surface area (Å²) in [5.41, 5.74) is 1.38. The van der Waals surface area contributed by atoms with Crippen LogP contribution < -0.4 is 15.4 Å². The number of carbonyl (C=O) groups is 2. The van der Waals surface area contributed by atoms with Crippen LogP contribution >= 0.6 is 34.5 Å². The number of halogens is 2. The molecule has 1 aromatic heterocycles. The van der Waals surface area contributed by atoms with E-state index in [1.54, 1.807) is 30.3 Å². The number of hydrogen-bond donors (Lipinski definition) is 2. The van der Waals surface area contributed by atoms with Crippen LogP contribution in [0.4, 0.5) is 5.13 Å². The van der Waals surface area contributed by atoms with Gasteiger partial charge in [-0.25, -0.2) is 0 Å². The third-order valence-electron chi connectivity index (χ3n) is 4.40. The number of nitrogens with one attached hydrogen (secondary N) is 2. The number of amides is 2. The SMILES string of the molecule is Cc1cc(Cl)ccc1OCCCC(=O)Nc1nnc(CCNC(=O)c2ccccc2Cl)s1. The van der Waals surface area contributed by atoms with E-state index >= 15 is 0 Å². The molecule has 0 atom stereocenters. The molecule has 1 heterocycles. The third kappa shape index (κ3) is 7.19. The summed E-state index contributed by atoms with van der Waals surface area (Å²) in [4.78, 5) is 24.3. The Morgan fingerprint density at radius 1 is 1.12 bits per heavy atom. The van der Waals surface area contributed by atoms with E-state index in [-0.39, 0.29) is 11.8 Å². The van der Waals surface area contributed by atoms with Crippen LogP contribution in [0.15, 0.2) is 42.5 Å². The lowest BCUT2D eigenvalue weighted by Gasteiger charge is -2.09. The summed E-state index contributed by atoms with van der Waals surface area (Å²) >= 11 is 13.2. The first kappa shape index (κ1) is 24.0. The number of hydrogen-bond acceptors (Lipinski definition) is 6. The molecule has 0 unspecified atom stereocenters. The van der Waals surface area contributed by atoms with Gasteiger partial charge in [0.15, 0.2) is 0 Å². The number of aromatic nitrogens is 2. The predicted molar refractivity (Wildman–Crippen MR) is 127 cm³/mol. The van der Waals surface area contributed by atoms with Crippen molar-refractivity contribution in [3.05, 3.63) is 68.6 Å². The van der Waals surface area contributed by atoms with Gasteiger partial charge >= 0.3 is 0 Å². The molecule has 3 rings (SSSR count). The number of nitrogens with zero attached hydrogens (tertiary/aromatic N) is 2. The highest BCUT2D eigenvalue weighted by molar-refractivity contribution is 7.15. The van der Waals surface area contributed by atoms with Crippen molar-refractivity contribution >= 4 is 51.5 Å². The van der Waals surface area contributed by atoms with Gasteiger partial charge in [-0.1, -0.05) is 46.7 Å². The standard InChI is InChI=1S/C22H22Cl2N4O3S/c1-14-13-15(23)8-9-18(14)31-12-4-7-19(29)26-22-28-27-20(32-22)10-11-25-21(30)16-5-2-3-6-17(16)24/h2-3,5-6,8-9,13H,4,7,10-12H2,1H3,(H,25,30)(H,26,28,29). The van der Waals surface area contributed by atoms with E-state index in [2.05, 4.69) is 20.8 Å². The zero-order valence-corrected chi connectivity index (χ0v) is 19.7. The molecule has 0 aliphatic rings. The highest BCUT2D eigenvalue weighted by Gasteiger charge is 2.11. The lowest BCUT2D eigenvalue weighted by molar-refractivity contribution is -0.116. The van der Waals surface area contributed by atoms with E-state index in [0.29, 0.717) is 58.2 Å². The third-order valence-corrected chi connectivity index (χ3v) is 5.86. The molecule has 0 bridgehead atoms. The average molecular weight is 493 g/mol. The lowest BCUT2D eigenvalue weighted by Crippen LogP contribution is -2.25. The number of benzene rings is 2. The van der Waals surface area contributed by atoms with Gasteiger partial charge in [-0.3, -0.25) is 9.59 Å². The second kappa shape index (κ2) is 11.8. The maximum Gasteiger partial charge on any atom is 0.252 e. The minimum Gasteiger partial charge on any atom is -0.493 e. The van der Waals surface area contributed by atoms with Gasteiger partial charge in [0, 0.05) is 24.4 Å². The van der Waals surface area contributed by atoms with Crippen molar-refractivity contribution in [2.24, 2.45) is 0 Å². The van der Waals surface area contributed by atoms with E-state index in [4.69, 9.17) is 27.9 Å². The van der Waals surface area contributed by atoms with E-state index < -0.39 is 0 Å². The molecule has 168 valence electrons. The van der Waals surface area contributed by atoms with Crippen molar-refractivity contribution in [2.75, 3.05) is 18.5 Å². The average Bonchev–Trinajstić information content (AvgIpc) is 3.19. The number of anilines is 1. The number of ether oxygens (including phenoxy) is 1. The van der Waals surface area contributed by atoms with Gasteiger partial charge < -0.3 is 15.4 Å². The first-order chi connectivity index (χ1) is 15.4. The van der Waals surface area contributed by atoms with Crippen LogP contribution in [0.5, 0.6) is 5.75 Å². The second-order valence-electron chi connectivity index (χ2n) is 6.90. The van der Waals surface area contributed by atoms with Crippen LogP contribution in [0.1, 0.15) is 33.8 Å². The Labute approximate surface area is 200 Å². The summed E-state index contributed by atoms with van der Waals surface area (Å²) in [5, 5.41) is 15.8. The molecule has 32 heavy (non-hydrogen) atoms. The Morgan fingerprint density at radius 2 is 1.94 bits per heavy atom. The molecule has 0 radical (unpaired) electrons. The van der Waals surface area contributed by atoms with Crippen LogP contribution in [0.3, 0.4) is 0 Å². The Hall–Kier alpha value is -2.68. The van der Waals surface area contributed by atoms with Crippen molar-refractivity contribution in [3.8, 4) is 5.75 Å². The largest absolute Gasteiger partial charge is 0.493 e. The fourth-order valence-corrected chi connectivity index (χ4v) is 4.00. The van der Waals surface area contributed by atoms with E-state index in [0.717, 1.165) is 11.3 Å². The van der Waals surface area contributed by atoms with Crippen LogP contribution in [0.25, 0.3) is 0 Å². The van der Waals surface area contributed by atoms with Gasteiger partial charge in [-0.2, -0.15) is 0 Å². The van der Waals surface area contributed by atoms with Crippen molar-refractivity contribution in [1.29, 1.82) is 0 Å². The summed E-state index contributed by atoms with van der Waals surface area (Å²) in [6, 6.07) is 12.3. The fraction of sp³-hybridized carbons (Fsp3) is 0.273. The highest BCUT2D eigenvalue weighted by Crippen LogP contribution is 2.22. The highest BCUT2D eigenvalue weighted by atomic mass is 35.5. The van der Waals surface area contributed by atoms with Gasteiger partial charge in [-0.05, 0) is 49.2 Å². The fourth-order valence-electron chi connectivity index (χ4n) is 2.80. The van der Waals surface area contributed by atoms with Crippen LogP contribution in [0, 0.1) is 6.92 Å². The first-order valence-electron chi connectivity index (χ1n) is 9.96. The molecule has 0 aliphatic carbocycles. The second-order valence-corrected chi connectivity index (χ2v) is 8.80. The zero-order chi connectivity index (χ0) is 22.9. The summed E-state index contributed by atoms with van der Waals surface area (Å²) in [6.07, 6.45) is 1.36. The van der Waals surface area contributed by atoms with Gasteiger partial charge in [0.25, 0.3) is 5.91 Å². The molecular formula is C22H22Cl2N4O3S. The topological polar surface area (TPSA) is 93.2 Å². The predicted octanol–water partition coefficient (Wildman–Crippen LogP) is 4.92. The molecule has 0 saturated carbocycles. The van der Waals surface area contributed by atoms with Gasteiger partial charge in [-0.15, -0.1) is 10.2 Å². The smallest absolute Gasteiger partial charge is 0.252 e. The van der Waals surface area contributed by atoms with E-state index in [1.165, 1.54) is 11.3 Å². The van der Waals surface area contributed by atoms with E-state index in [1.807, 2.05) is 19.1 Å². The quantitative estimate of drug-likeness (QED) is 0.391. The Morgan fingerprint density at radius 3 is 2.72 bits per heavy atom. The first-order valence-corrected chi connectivity index (χ1v) is 11.5. The van der Waals surface area contributed by atoms with Crippen LogP contribution in [-0.4, -0.2) is 35.2 Å². The molecule has 0 saturated heterocycles. The molecule has 3 aromatic rings. The van der Waals surface area contributed by atoms with Crippen molar-refractivity contribution in [3.63, 3.8) is 0 Å². The molecule has 10 heteroatoms. The monoisotopic (exact) mass is 492 g/mol. The molecule has 0 spiro atoms. The van der Waals surface area contributed by atoms with Gasteiger partial charge in [0.2, 0.25) is 11.0 Å². The summed E-state index contributed by atoms with van der Waals surface area (Å²) in [5.74, 6) is 0.353. The van der Waals surface area contributed by atoms with Crippen molar-refractivity contribution < 1.29 is 14.3 Å². The van der Waals surface area contributed by atoms with E-state index in [9.17, 15) is 9.59 Å². The van der Waals surface area contributed by atoms with Crippen molar-refractivity contribution in [2.45, 2.75) is 26.2 Å². The molecule has 0 aliphatic heterocycles. The molecule has 2 aromatic carbocycles. The maximum absolute atomic E-state index is 12.2. The summed E-state index contributed by atoms with van der Waals surface area (Å²) in [7, 11) is 0. The Balaban J connectivity index is 1.35. The molecule has 7 nitrogen and oxygen atoms in total. The summed E-state index contributed by atoms with van der Waals surface area (Å²) in [6.45, 7) is 2.72. The van der Waals surface area contributed by atoms with Gasteiger partial charge in [0.05, 0.1) is 17.2 Å². The number of carbonyl (C=O) groups excluding carboxylic acids is 2. The summed E-state index contributed by atoms with van der Waals surface area (Å²) < 4.78 is 5.69. The molecule has 2 amide bonds. The number of aryl methyl sites for hydroxylation is 1. The van der Waals surface area contributed by atoms with Gasteiger partial charge in [0.1, 0.15) is 10.8 Å². The number of rotatable bonds is 10. The lowest BCUT2D eigenvalue weighted by atomic mass is 10.2. The Kier molecular flexibility index (Phi) is 8.84. The zero-order valence-electron chi connectivity index (χ0n) is 17.4.